The van der Waals surface area contributed by atoms with Gasteiger partial charge in [0.15, 0.2) is 0 Å². The van der Waals surface area contributed by atoms with Crippen molar-refractivity contribution in [2.75, 3.05) is 0 Å². The van der Waals surface area contributed by atoms with Crippen LogP contribution in [0, 0.1) is 0 Å². The van der Waals surface area contributed by atoms with Crippen molar-refractivity contribution in [2.24, 2.45) is 4.99 Å². The molecule has 1 aliphatic rings. The smallest absolute Gasteiger partial charge is 0.0870 e. The number of rotatable bonds is 1. The number of allylic oxidation sites excluding steroid dienone is 1. The molecule has 0 radical (unpaired) electrons. The van der Waals surface area contributed by atoms with E-state index in [1.165, 1.54) is 5.57 Å². The first-order chi connectivity index (χ1) is 3.83. The minimum Gasteiger partial charge on any atom is -0.254 e. The fourth-order valence-electron chi connectivity index (χ4n) is 0.656. The van der Waals surface area contributed by atoms with Gasteiger partial charge in [-0.05, 0) is 27.9 Å². The second-order valence-electron chi connectivity index (χ2n) is 1.82. The van der Waals surface area contributed by atoms with Crippen molar-refractivity contribution < 1.29 is 0 Å². The molecule has 0 spiro atoms. The molecule has 0 N–H and O–H groups in total. The predicted octanol–water partition coefficient (Wildman–Crippen LogP) is 2.48. The molecule has 0 aromatic carbocycles. The third kappa shape index (κ3) is 1.19. The van der Waals surface area contributed by atoms with Gasteiger partial charge in [-0.3, -0.25) is 4.99 Å². The Balaban J connectivity index is 2.49. The molecule has 1 nitrogen and oxygen atoms in total. The quantitative estimate of drug-likeness (QED) is 0.579. The van der Waals surface area contributed by atoms with Crippen LogP contribution in [0.5, 0.6) is 0 Å². The molecule has 0 aromatic rings. The topological polar surface area (TPSA) is 12.4 Å². The van der Waals surface area contributed by atoms with E-state index in [1.807, 2.05) is 6.20 Å². The second-order valence-corrected chi connectivity index (χ2v) is 2.74. The zero-order chi connectivity index (χ0) is 5.98. The highest BCUT2D eigenvalue weighted by Crippen LogP contribution is 2.17. The van der Waals surface area contributed by atoms with Crippen LogP contribution in [-0.2, 0) is 0 Å². The van der Waals surface area contributed by atoms with Gasteiger partial charge in [-0.15, -0.1) is 0 Å². The number of hydrogen-bond acceptors (Lipinski definition) is 1. The lowest BCUT2D eigenvalue weighted by atomic mass is 10.2. The van der Waals surface area contributed by atoms with Crippen LogP contribution in [0.25, 0.3) is 0 Å². The first-order valence-electron chi connectivity index (χ1n) is 2.73. The monoisotopic (exact) mass is 173 g/mol. The molecule has 0 amide bonds. The molecule has 0 fully saturated rings. The molecular formula is C6H8BrN. The highest BCUT2D eigenvalue weighted by molar-refractivity contribution is 9.18. The molecule has 0 bridgehead atoms. The van der Waals surface area contributed by atoms with Crippen molar-refractivity contribution in [3.63, 3.8) is 0 Å². The summed E-state index contributed by atoms with van der Waals surface area (Å²) in [7, 11) is 0. The second kappa shape index (κ2) is 2.44. The molecule has 1 rings (SSSR count). The van der Waals surface area contributed by atoms with Gasteiger partial charge >= 0.3 is 0 Å². The first-order valence-corrected chi connectivity index (χ1v) is 3.52. The SMILES string of the molecule is CCC1=CN=C(Br)C1. The van der Waals surface area contributed by atoms with Gasteiger partial charge in [0.1, 0.15) is 0 Å². The summed E-state index contributed by atoms with van der Waals surface area (Å²) in [6.07, 6.45) is 4.08. The Hall–Kier alpha value is -0.110. The molecule has 2 heteroatoms. The van der Waals surface area contributed by atoms with Crippen molar-refractivity contribution in [1.29, 1.82) is 0 Å². The molecule has 8 heavy (non-hydrogen) atoms. The van der Waals surface area contributed by atoms with Gasteiger partial charge in [0.05, 0.1) is 4.62 Å². The van der Waals surface area contributed by atoms with Gasteiger partial charge < -0.3 is 0 Å². The van der Waals surface area contributed by atoms with E-state index in [2.05, 4.69) is 27.8 Å². The van der Waals surface area contributed by atoms with Crippen LogP contribution in [0.3, 0.4) is 0 Å². The summed E-state index contributed by atoms with van der Waals surface area (Å²) in [6.45, 7) is 2.15. The van der Waals surface area contributed by atoms with Crippen LogP contribution in [0.4, 0.5) is 0 Å². The average molecular weight is 174 g/mol. The van der Waals surface area contributed by atoms with E-state index >= 15 is 0 Å². The van der Waals surface area contributed by atoms with E-state index in [0.29, 0.717) is 0 Å². The van der Waals surface area contributed by atoms with Crippen molar-refractivity contribution in [2.45, 2.75) is 19.8 Å². The molecule has 1 aliphatic heterocycles. The van der Waals surface area contributed by atoms with Gasteiger partial charge in [-0.2, -0.15) is 0 Å². The maximum atomic E-state index is 4.06. The van der Waals surface area contributed by atoms with E-state index in [9.17, 15) is 0 Å². The van der Waals surface area contributed by atoms with Crippen LogP contribution < -0.4 is 0 Å². The van der Waals surface area contributed by atoms with E-state index in [1.54, 1.807) is 0 Å². The lowest BCUT2D eigenvalue weighted by Crippen LogP contribution is -1.80. The molecule has 0 aliphatic carbocycles. The highest BCUT2D eigenvalue weighted by atomic mass is 79.9. The standard InChI is InChI=1S/C6H8BrN/c1-2-5-3-6(7)8-4-5/h4H,2-3H2,1H3. The lowest BCUT2D eigenvalue weighted by molar-refractivity contribution is 1.07. The fraction of sp³-hybridized carbons (Fsp3) is 0.500. The predicted molar refractivity (Wildman–Crippen MR) is 39.4 cm³/mol. The molecule has 0 atom stereocenters. The number of halogens is 1. The summed E-state index contributed by atoms with van der Waals surface area (Å²) in [5, 5.41) is 0. The Morgan fingerprint density at radius 1 is 1.88 bits per heavy atom. The maximum absolute atomic E-state index is 4.06. The minimum absolute atomic E-state index is 1.02. The summed E-state index contributed by atoms with van der Waals surface area (Å²) < 4.78 is 1.06. The molecule has 0 aromatic heterocycles. The summed E-state index contributed by atoms with van der Waals surface area (Å²) in [5.74, 6) is 0. The summed E-state index contributed by atoms with van der Waals surface area (Å²) in [5.41, 5.74) is 1.41. The van der Waals surface area contributed by atoms with E-state index in [4.69, 9.17) is 0 Å². The van der Waals surface area contributed by atoms with Gasteiger partial charge in [-0.1, -0.05) is 6.92 Å². The Morgan fingerprint density at radius 2 is 2.62 bits per heavy atom. The molecule has 0 saturated heterocycles. The van der Waals surface area contributed by atoms with Crippen LogP contribution >= 0.6 is 15.9 Å². The van der Waals surface area contributed by atoms with Crippen molar-refractivity contribution in [3.05, 3.63) is 11.8 Å². The van der Waals surface area contributed by atoms with Crippen LogP contribution in [0.2, 0.25) is 0 Å². The molecular weight excluding hydrogens is 166 g/mol. The van der Waals surface area contributed by atoms with Crippen LogP contribution in [0.15, 0.2) is 16.8 Å². The molecule has 0 saturated carbocycles. The number of aliphatic imine (C=N–C) groups is 1. The molecule has 44 valence electrons. The number of hydrogen-bond donors (Lipinski definition) is 0. The van der Waals surface area contributed by atoms with Crippen molar-refractivity contribution >= 4 is 20.6 Å². The summed E-state index contributed by atoms with van der Waals surface area (Å²) >= 11 is 3.32. The van der Waals surface area contributed by atoms with Crippen molar-refractivity contribution in [1.82, 2.24) is 0 Å². The van der Waals surface area contributed by atoms with E-state index < -0.39 is 0 Å². The van der Waals surface area contributed by atoms with Gasteiger partial charge in [0, 0.05) is 12.6 Å². The zero-order valence-electron chi connectivity index (χ0n) is 4.82. The van der Waals surface area contributed by atoms with Gasteiger partial charge in [0.25, 0.3) is 0 Å². The van der Waals surface area contributed by atoms with Crippen molar-refractivity contribution in [3.8, 4) is 0 Å². The van der Waals surface area contributed by atoms with Gasteiger partial charge in [-0.25, -0.2) is 0 Å². The lowest BCUT2D eigenvalue weighted by Gasteiger charge is -1.89. The Labute approximate surface area is 57.6 Å². The molecule has 1 heterocycles. The zero-order valence-corrected chi connectivity index (χ0v) is 6.40. The average Bonchev–Trinajstić information content (AvgIpc) is 2.14. The maximum Gasteiger partial charge on any atom is 0.0870 e. The van der Waals surface area contributed by atoms with E-state index in [-0.39, 0.29) is 0 Å². The third-order valence-electron chi connectivity index (χ3n) is 1.21. The Morgan fingerprint density at radius 3 is 2.88 bits per heavy atom. The normalized spacial score (nSPS) is 18.2. The van der Waals surface area contributed by atoms with E-state index in [0.717, 1.165) is 17.5 Å². The number of nitrogens with zero attached hydrogens (tertiary/aromatic N) is 1. The van der Waals surface area contributed by atoms with Gasteiger partial charge in [0.2, 0.25) is 0 Å². The van der Waals surface area contributed by atoms with Crippen LogP contribution in [-0.4, -0.2) is 4.62 Å². The Kier molecular flexibility index (Phi) is 1.84. The fourth-order valence-corrected chi connectivity index (χ4v) is 1.12. The van der Waals surface area contributed by atoms with Crippen LogP contribution in [0.1, 0.15) is 19.8 Å². The first kappa shape index (κ1) is 6.02. The minimum atomic E-state index is 1.02. The largest absolute Gasteiger partial charge is 0.254 e. The molecule has 0 unspecified atom stereocenters. The Bertz CT molecular complexity index is 147. The third-order valence-corrected chi connectivity index (χ3v) is 1.70. The summed E-state index contributed by atoms with van der Waals surface area (Å²) in [6, 6.07) is 0. The summed E-state index contributed by atoms with van der Waals surface area (Å²) in [4.78, 5) is 4.06. The highest BCUT2D eigenvalue weighted by Gasteiger charge is 2.03.